The number of aliphatic carboxylic acids is 1. The summed E-state index contributed by atoms with van der Waals surface area (Å²) in [6, 6.07) is 1.52. The van der Waals surface area contributed by atoms with Gasteiger partial charge in [0.2, 0.25) is 0 Å². The molecule has 2 rings (SSSR count). The van der Waals surface area contributed by atoms with Gasteiger partial charge >= 0.3 is 5.97 Å². The van der Waals surface area contributed by atoms with E-state index in [4.69, 9.17) is 11.6 Å². The number of nitrogens with one attached hydrogen (secondary N) is 2. The number of carbonyl (C=O) groups is 2. The van der Waals surface area contributed by atoms with Gasteiger partial charge in [-0.1, -0.05) is 30.9 Å². The van der Waals surface area contributed by atoms with E-state index in [0.717, 1.165) is 19.3 Å². The summed E-state index contributed by atoms with van der Waals surface area (Å²) in [5.74, 6) is -1.14. The normalized spacial score (nSPS) is 17.9. The molecule has 0 spiro atoms. The minimum atomic E-state index is -0.822. The Labute approximate surface area is 116 Å². The number of carboxylic acid groups (broad SMARTS) is 1. The van der Waals surface area contributed by atoms with Crippen LogP contribution in [0.25, 0.3) is 0 Å². The Kier molecular flexibility index (Phi) is 4.14. The van der Waals surface area contributed by atoms with E-state index in [9.17, 15) is 14.7 Å². The summed E-state index contributed by atoms with van der Waals surface area (Å²) in [6.07, 6.45) is 5.62. The van der Waals surface area contributed by atoms with Gasteiger partial charge in [0, 0.05) is 12.7 Å². The molecule has 1 amide bonds. The average molecular weight is 285 g/mol. The molecule has 0 aromatic carbocycles. The first-order valence-corrected chi connectivity index (χ1v) is 6.77. The Morgan fingerprint density at radius 3 is 2.58 bits per heavy atom. The van der Waals surface area contributed by atoms with Gasteiger partial charge in [-0.15, -0.1) is 0 Å². The summed E-state index contributed by atoms with van der Waals surface area (Å²) in [4.78, 5) is 26.1. The van der Waals surface area contributed by atoms with Crippen LogP contribution < -0.4 is 5.32 Å². The molecule has 3 N–H and O–H groups in total. The van der Waals surface area contributed by atoms with Crippen LogP contribution in [-0.2, 0) is 4.79 Å². The highest BCUT2D eigenvalue weighted by Gasteiger charge is 2.39. The van der Waals surface area contributed by atoms with E-state index >= 15 is 0 Å². The second-order valence-electron chi connectivity index (χ2n) is 5.06. The van der Waals surface area contributed by atoms with Gasteiger partial charge in [0.1, 0.15) is 5.69 Å². The van der Waals surface area contributed by atoms with Crippen molar-refractivity contribution < 1.29 is 14.7 Å². The van der Waals surface area contributed by atoms with Gasteiger partial charge < -0.3 is 15.4 Å². The highest BCUT2D eigenvalue weighted by Crippen LogP contribution is 2.36. The number of hydrogen-bond donors (Lipinski definition) is 3. The lowest BCUT2D eigenvalue weighted by molar-refractivity contribution is -0.150. The maximum absolute atomic E-state index is 11.9. The van der Waals surface area contributed by atoms with Crippen molar-refractivity contribution in [2.75, 3.05) is 6.54 Å². The van der Waals surface area contributed by atoms with Gasteiger partial charge in [0.25, 0.3) is 5.91 Å². The van der Waals surface area contributed by atoms with Crippen molar-refractivity contribution >= 4 is 23.5 Å². The second-order valence-corrected chi connectivity index (χ2v) is 5.50. The maximum Gasteiger partial charge on any atom is 0.311 e. The second kappa shape index (κ2) is 5.65. The van der Waals surface area contributed by atoms with Crippen LogP contribution >= 0.6 is 11.6 Å². The largest absolute Gasteiger partial charge is 0.481 e. The molecule has 19 heavy (non-hydrogen) atoms. The van der Waals surface area contributed by atoms with Gasteiger partial charge in [0.15, 0.2) is 0 Å². The van der Waals surface area contributed by atoms with Crippen LogP contribution in [0.1, 0.15) is 42.6 Å². The van der Waals surface area contributed by atoms with Crippen molar-refractivity contribution in [2.24, 2.45) is 5.41 Å². The van der Waals surface area contributed by atoms with E-state index in [2.05, 4.69) is 10.3 Å². The van der Waals surface area contributed by atoms with Crippen molar-refractivity contribution in [3.05, 3.63) is 23.0 Å². The van der Waals surface area contributed by atoms with Gasteiger partial charge in [-0.05, 0) is 18.9 Å². The lowest BCUT2D eigenvalue weighted by Gasteiger charge is -2.33. The Morgan fingerprint density at radius 1 is 1.37 bits per heavy atom. The molecule has 1 fully saturated rings. The minimum absolute atomic E-state index is 0.164. The maximum atomic E-state index is 11.9. The third-order valence-electron chi connectivity index (χ3n) is 3.74. The van der Waals surface area contributed by atoms with Crippen LogP contribution in [0.3, 0.4) is 0 Å². The van der Waals surface area contributed by atoms with Crippen LogP contribution in [0.2, 0.25) is 5.02 Å². The van der Waals surface area contributed by atoms with E-state index in [1.807, 2.05) is 0 Å². The number of carboxylic acids is 1. The Balaban J connectivity index is 1.99. The number of rotatable bonds is 4. The number of hydrogen-bond acceptors (Lipinski definition) is 2. The van der Waals surface area contributed by atoms with E-state index in [1.54, 1.807) is 0 Å². The predicted octanol–water partition coefficient (Wildman–Crippen LogP) is 2.43. The lowest BCUT2D eigenvalue weighted by Crippen LogP contribution is -2.44. The number of halogens is 1. The Bertz CT molecular complexity index is 478. The van der Waals surface area contributed by atoms with Crippen LogP contribution in [-0.4, -0.2) is 28.5 Å². The SMILES string of the molecule is O=C(NCC1(C(=O)O)CCCCC1)c1cc(Cl)c[nH]1. The predicted molar refractivity (Wildman–Crippen MR) is 71.3 cm³/mol. The standard InChI is InChI=1S/C13H17ClN2O3/c14-9-6-10(15-7-9)11(17)16-8-13(12(18)19)4-2-1-3-5-13/h6-7,15H,1-5,8H2,(H,16,17)(H,18,19). The van der Waals surface area contributed by atoms with Gasteiger partial charge in [0.05, 0.1) is 10.4 Å². The molecule has 0 bridgehead atoms. The molecule has 1 aliphatic carbocycles. The first-order chi connectivity index (χ1) is 9.03. The third kappa shape index (κ3) is 3.10. The molecule has 1 saturated carbocycles. The Hall–Kier alpha value is -1.49. The monoisotopic (exact) mass is 284 g/mol. The first-order valence-electron chi connectivity index (χ1n) is 6.39. The number of aromatic amines is 1. The van der Waals surface area contributed by atoms with Crippen LogP contribution in [0.4, 0.5) is 0 Å². The van der Waals surface area contributed by atoms with Crippen molar-refractivity contribution in [3.63, 3.8) is 0 Å². The zero-order chi connectivity index (χ0) is 13.9. The zero-order valence-electron chi connectivity index (χ0n) is 10.5. The quantitative estimate of drug-likeness (QED) is 0.794. The number of amides is 1. The molecule has 0 aliphatic heterocycles. The summed E-state index contributed by atoms with van der Waals surface area (Å²) < 4.78 is 0. The summed E-state index contributed by atoms with van der Waals surface area (Å²) >= 11 is 5.73. The van der Waals surface area contributed by atoms with Gasteiger partial charge in [-0.25, -0.2) is 0 Å². The molecule has 0 unspecified atom stereocenters. The molecular weight excluding hydrogens is 268 g/mol. The molecular formula is C13H17ClN2O3. The smallest absolute Gasteiger partial charge is 0.311 e. The number of H-pyrrole nitrogens is 1. The molecule has 0 saturated heterocycles. The fourth-order valence-electron chi connectivity index (χ4n) is 2.54. The fourth-order valence-corrected chi connectivity index (χ4v) is 2.70. The fraction of sp³-hybridized carbons (Fsp3) is 0.538. The first kappa shape index (κ1) is 13.9. The van der Waals surface area contributed by atoms with Gasteiger partial charge in [-0.3, -0.25) is 9.59 Å². The molecule has 0 atom stereocenters. The highest BCUT2D eigenvalue weighted by atomic mass is 35.5. The van der Waals surface area contributed by atoms with E-state index in [0.29, 0.717) is 23.6 Å². The third-order valence-corrected chi connectivity index (χ3v) is 3.96. The molecule has 1 aromatic rings. The minimum Gasteiger partial charge on any atom is -0.481 e. The number of carbonyl (C=O) groups excluding carboxylic acids is 1. The molecule has 0 radical (unpaired) electrons. The lowest BCUT2D eigenvalue weighted by atomic mass is 9.74. The van der Waals surface area contributed by atoms with Crippen molar-refractivity contribution in [3.8, 4) is 0 Å². The van der Waals surface area contributed by atoms with Crippen molar-refractivity contribution in [1.82, 2.24) is 10.3 Å². The van der Waals surface area contributed by atoms with Crippen LogP contribution in [0.15, 0.2) is 12.3 Å². The Morgan fingerprint density at radius 2 is 2.05 bits per heavy atom. The molecule has 5 nitrogen and oxygen atoms in total. The molecule has 1 aromatic heterocycles. The molecule has 1 heterocycles. The average Bonchev–Trinajstić information content (AvgIpc) is 2.83. The number of aromatic nitrogens is 1. The zero-order valence-corrected chi connectivity index (χ0v) is 11.3. The summed E-state index contributed by atoms with van der Waals surface area (Å²) in [7, 11) is 0. The van der Waals surface area contributed by atoms with E-state index < -0.39 is 11.4 Å². The van der Waals surface area contributed by atoms with E-state index in [-0.39, 0.29) is 12.5 Å². The van der Waals surface area contributed by atoms with Crippen molar-refractivity contribution in [1.29, 1.82) is 0 Å². The van der Waals surface area contributed by atoms with Crippen LogP contribution in [0.5, 0.6) is 0 Å². The summed E-state index contributed by atoms with van der Waals surface area (Å²) in [5, 5.41) is 12.5. The highest BCUT2D eigenvalue weighted by molar-refractivity contribution is 6.30. The van der Waals surface area contributed by atoms with Crippen molar-refractivity contribution in [2.45, 2.75) is 32.1 Å². The topological polar surface area (TPSA) is 82.2 Å². The van der Waals surface area contributed by atoms with E-state index in [1.165, 1.54) is 12.3 Å². The van der Waals surface area contributed by atoms with Crippen LogP contribution in [0, 0.1) is 5.41 Å². The molecule has 1 aliphatic rings. The summed E-state index contributed by atoms with van der Waals surface area (Å²) in [6.45, 7) is 0.164. The summed E-state index contributed by atoms with van der Waals surface area (Å²) in [5.41, 5.74) is -0.467. The van der Waals surface area contributed by atoms with Gasteiger partial charge in [-0.2, -0.15) is 0 Å². The molecule has 104 valence electrons. The molecule has 6 heteroatoms.